The van der Waals surface area contributed by atoms with Gasteiger partial charge in [-0.25, -0.2) is 0 Å². The van der Waals surface area contributed by atoms with Crippen LogP contribution in [-0.4, -0.2) is 67.8 Å². The number of hydrogen-bond acceptors (Lipinski definition) is 5. The number of piperazine rings is 1. The maximum Gasteiger partial charge on any atom is 0.254 e. The molecule has 1 aliphatic rings. The number of carbonyl (C=O) groups excluding carboxylic acids is 2. The van der Waals surface area contributed by atoms with Crippen molar-refractivity contribution in [2.24, 2.45) is 0 Å². The molecule has 44 heavy (non-hydrogen) atoms. The fourth-order valence-electron chi connectivity index (χ4n) is 5.62. The van der Waals surface area contributed by atoms with Crippen LogP contribution in [0.3, 0.4) is 0 Å². The lowest BCUT2D eigenvalue weighted by molar-refractivity contribution is -0.133. The molecule has 5 rings (SSSR count). The zero-order valence-electron chi connectivity index (χ0n) is 26.5. The van der Waals surface area contributed by atoms with Crippen LogP contribution in [0.5, 0.6) is 0 Å². The first kappa shape index (κ1) is 31.5. The van der Waals surface area contributed by atoms with Crippen LogP contribution in [0, 0.1) is 6.92 Å². The third-order valence-electron chi connectivity index (χ3n) is 8.17. The molecule has 0 bridgehead atoms. The summed E-state index contributed by atoms with van der Waals surface area (Å²) in [5.74, 6) is 1.83. The van der Waals surface area contributed by atoms with Crippen LogP contribution in [-0.2, 0) is 16.6 Å². The second kappa shape index (κ2) is 13.8. The Kier molecular flexibility index (Phi) is 9.89. The smallest absolute Gasteiger partial charge is 0.254 e. The summed E-state index contributed by atoms with van der Waals surface area (Å²) in [7, 11) is 0. The lowest BCUT2D eigenvalue weighted by Gasteiger charge is -2.40. The molecule has 8 heteroatoms. The van der Waals surface area contributed by atoms with Crippen molar-refractivity contribution in [2.45, 2.75) is 70.5 Å². The molecule has 0 saturated carbocycles. The van der Waals surface area contributed by atoms with Gasteiger partial charge in [0.2, 0.25) is 5.91 Å². The third kappa shape index (κ3) is 7.59. The van der Waals surface area contributed by atoms with Crippen LogP contribution in [0.2, 0.25) is 0 Å². The van der Waals surface area contributed by atoms with E-state index in [-0.39, 0.29) is 23.3 Å². The van der Waals surface area contributed by atoms with E-state index in [2.05, 4.69) is 78.9 Å². The first-order valence-electron chi connectivity index (χ1n) is 15.5. The fourth-order valence-corrected chi connectivity index (χ4v) is 6.53. The molecule has 2 heterocycles. The number of amides is 2. The standard InChI is InChI=1S/C36H43N5O2S/c1-26-11-9-14-31(23-26)41-32(24-28-12-7-6-8-13-28)37-38-35(41)44-22-10-15-33(42)39-20-21-40(27(2)25-39)34(43)29-16-18-30(19-17-29)36(3,4)5/h6-9,11-14,16-19,23,27H,10,15,20-22,24-25H2,1-5H3. The van der Waals surface area contributed by atoms with Gasteiger partial charge in [-0.3, -0.25) is 14.2 Å². The predicted octanol–water partition coefficient (Wildman–Crippen LogP) is 6.71. The lowest BCUT2D eigenvalue weighted by Crippen LogP contribution is -2.55. The van der Waals surface area contributed by atoms with Crippen LogP contribution >= 0.6 is 11.8 Å². The number of hydrogen-bond donors (Lipinski definition) is 0. The van der Waals surface area contributed by atoms with Crippen molar-refractivity contribution in [1.29, 1.82) is 0 Å². The number of nitrogens with zero attached hydrogens (tertiary/aromatic N) is 5. The summed E-state index contributed by atoms with van der Waals surface area (Å²) in [6.45, 7) is 12.3. The van der Waals surface area contributed by atoms with E-state index in [1.807, 2.05) is 59.2 Å². The number of thioether (sulfide) groups is 1. The van der Waals surface area contributed by atoms with Crippen LogP contribution in [0.15, 0.2) is 84.0 Å². The summed E-state index contributed by atoms with van der Waals surface area (Å²) in [6.07, 6.45) is 1.90. The normalized spacial score (nSPS) is 15.4. The number of carbonyl (C=O) groups is 2. The van der Waals surface area contributed by atoms with E-state index in [0.29, 0.717) is 38.0 Å². The van der Waals surface area contributed by atoms with Crippen LogP contribution in [0.4, 0.5) is 0 Å². The highest BCUT2D eigenvalue weighted by Crippen LogP contribution is 2.26. The molecule has 7 nitrogen and oxygen atoms in total. The average molecular weight is 610 g/mol. The Hall–Kier alpha value is -3.91. The van der Waals surface area contributed by atoms with E-state index in [9.17, 15) is 9.59 Å². The first-order valence-corrected chi connectivity index (χ1v) is 16.5. The Labute approximate surface area is 265 Å². The van der Waals surface area contributed by atoms with Gasteiger partial charge < -0.3 is 9.80 Å². The van der Waals surface area contributed by atoms with E-state index >= 15 is 0 Å². The molecule has 0 radical (unpaired) electrons. The summed E-state index contributed by atoms with van der Waals surface area (Å²) in [5.41, 5.74) is 5.36. The topological polar surface area (TPSA) is 71.3 Å². The molecule has 1 fully saturated rings. The number of aromatic nitrogens is 3. The Morgan fingerprint density at radius 1 is 0.932 bits per heavy atom. The molecular weight excluding hydrogens is 566 g/mol. The minimum atomic E-state index is -0.0345. The molecule has 1 atom stereocenters. The molecular formula is C36H43N5O2S. The van der Waals surface area contributed by atoms with Gasteiger partial charge in [-0.2, -0.15) is 0 Å². The average Bonchev–Trinajstić information content (AvgIpc) is 3.41. The molecule has 1 aliphatic heterocycles. The summed E-state index contributed by atoms with van der Waals surface area (Å²) < 4.78 is 2.14. The Bertz CT molecular complexity index is 1580. The van der Waals surface area contributed by atoms with E-state index in [4.69, 9.17) is 0 Å². The highest BCUT2D eigenvalue weighted by Gasteiger charge is 2.30. The zero-order valence-corrected chi connectivity index (χ0v) is 27.3. The largest absolute Gasteiger partial charge is 0.339 e. The maximum absolute atomic E-state index is 13.3. The minimum absolute atomic E-state index is 0.0332. The van der Waals surface area contributed by atoms with Gasteiger partial charge in [-0.15, -0.1) is 10.2 Å². The molecule has 0 aliphatic carbocycles. The molecule has 1 aromatic heterocycles. The molecule has 3 aromatic carbocycles. The van der Waals surface area contributed by atoms with Crippen molar-refractivity contribution in [3.63, 3.8) is 0 Å². The zero-order chi connectivity index (χ0) is 31.3. The van der Waals surface area contributed by atoms with E-state index in [0.717, 1.165) is 28.8 Å². The van der Waals surface area contributed by atoms with E-state index in [1.54, 1.807) is 11.8 Å². The number of aryl methyl sites for hydroxylation is 1. The van der Waals surface area contributed by atoms with Crippen molar-refractivity contribution in [3.05, 3.63) is 107 Å². The summed E-state index contributed by atoms with van der Waals surface area (Å²) >= 11 is 1.64. The van der Waals surface area contributed by atoms with Gasteiger partial charge in [0.15, 0.2) is 5.16 Å². The SMILES string of the molecule is Cc1cccc(-n2c(Cc3ccccc3)nnc2SCCCC(=O)N2CCN(C(=O)c3ccc(C(C)(C)C)cc3)C(C)C2)c1. The summed E-state index contributed by atoms with van der Waals surface area (Å²) in [6, 6.07) is 26.6. The molecule has 230 valence electrons. The van der Waals surface area contributed by atoms with Gasteiger partial charge in [0, 0.05) is 55.5 Å². The van der Waals surface area contributed by atoms with Crippen molar-refractivity contribution in [3.8, 4) is 5.69 Å². The quantitative estimate of drug-likeness (QED) is 0.156. The lowest BCUT2D eigenvalue weighted by atomic mass is 9.86. The molecule has 2 amide bonds. The van der Waals surface area contributed by atoms with Gasteiger partial charge in [0.25, 0.3) is 5.91 Å². The highest BCUT2D eigenvalue weighted by atomic mass is 32.2. The maximum atomic E-state index is 13.3. The molecule has 4 aromatic rings. The number of benzene rings is 3. The Morgan fingerprint density at radius 2 is 1.68 bits per heavy atom. The molecule has 1 unspecified atom stereocenters. The van der Waals surface area contributed by atoms with E-state index in [1.165, 1.54) is 16.7 Å². The van der Waals surface area contributed by atoms with Crippen LogP contribution < -0.4 is 0 Å². The second-order valence-electron chi connectivity index (χ2n) is 12.7. The van der Waals surface area contributed by atoms with Crippen molar-refractivity contribution in [1.82, 2.24) is 24.6 Å². The second-order valence-corrected chi connectivity index (χ2v) is 13.8. The molecule has 0 N–H and O–H groups in total. The fraction of sp³-hybridized carbons (Fsp3) is 0.389. The van der Waals surface area contributed by atoms with Gasteiger partial charge in [-0.1, -0.05) is 87.1 Å². The van der Waals surface area contributed by atoms with Crippen LogP contribution in [0.1, 0.15) is 73.4 Å². The van der Waals surface area contributed by atoms with Gasteiger partial charge >= 0.3 is 0 Å². The highest BCUT2D eigenvalue weighted by molar-refractivity contribution is 7.99. The Morgan fingerprint density at radius 3 is 2.36 bits per heavy atom. The summed E-state index contributed by atoms with van der Waals surface area (Å²) in [5, 5.41) is 9.94. The van der Waals surface area contributed by atoms with Crippen molar-refractivity contribution < 1.29 is 9.59 Å². The summed E-state index contributed by atoms with van der Waals surface area (Å²) in [4.78, 5) is 30.2. The van der Waals surface area contributed by atoms with Gasteiger partial charge in [-0.05, 0) is 66.6 Å². The molecule has 1 saturated heterocycles. The third-order valence-corrected chi connectivity index (χ3v) is 9.19. The monoisotopic (exact) mass is 609 g/mol. The number of rotatable bonds is 9. The van der Waals surface area contributed by atoms with Crippen molar-refractivity contribution in [2.75, 3.05) is 25.4 Å². The first-order chi connectivity index (χ1) is 21.1. The minimum Gasteiger partial charge on any atom is -0.339 e. The van der Waals surface area contributed by atoms with E-state index < -0.39 is 0 Å². The predicted molar refractivity (Wildman–Crippen MR) is 178 cm³/mol. The van der Waals surface area contributed by atoms with Gasteiger partial charge in [0.05, 0.1) is 0 Å². The van der Waals surface area contributed by atoms with Gasteiger partial charge in [0.1, 0.15) is 5.82 Å². The van der Waals surface area contributed by atoms with Crippen molar-refractivity contribution >= 4 is 23.6 Å². The Balaban J connectivity index is 1.15. The molecule has 0 spiro atoms. The van der Waals surface area contributed by atoms with Crippen LogP contribution in [0.25, 0.3) is 5.69 Å².